The van der Waals surface area contributed by atoms with Crippen molar-refractivity contribution in [2.75, 3.05) is 20.2 Å². The number of ether oxygens (including phenoxy) is 1. The molecule has 1 aromatic rings. The first-order chi connectivity index (χ1) is 9.45. The summed E-state index contributed by atoms with van der Waals surface area (Å²) in [6.07, 6.45) is 2.72. The average Bonchev–Trinajstić information content (AvgIpc) is 3.12. The highest BCUT2D eigenvalue weighted by Crippen LogP contribution is 2.36. The summed E-state index contributed by atoms with van der Waals surface area (Å²) in [6.45, 7) is 3.43. The van der Waals surface area contributed by atoms with E-state index in [9.17, 15) is 8.42 Å². The van der Waals surface area contributed by atoms with Crippen molar-refractivity contribution in [1.82, 2.24) is 10.0 Å². The Balaban J connectivity index is 1.93. The molecule has 1 saturated carbocycles. The molecule has 1 fully saturated rings. The van der Waals surface area contributed by atoms with Crippen LogP contribution in [0.15, 0.2) is 29.2 Å². The Bertz CT molecular complexity index is 536. The first kappa shape index (κ1) is 15.3. The molecule has 5 nitrogen and oxygen atoms in total. The van der Waals surface area contributed by atoms with Crippen LogP contribution in [-0.2, 0) is 10.0 Å². The number of nitrogens with one attached hydrogen (secondary N) is 2. The zero-order chi connectivity index (χ0) is 14.6. The van der Waals surface area contributed by atoms with Crippen molar-refractivity contribution in [1.29, 1.82) is 0 Å². The second-order valence-corrected chi connectivity index (χ2v) is 7.13. The van der Waals surface area contributed by atoms with Gasteiger partial charge in [0.15, 0.2) is 0 Å². The fourth-order valence-electron chi connectivity index (χ4n) is 1.83. The van der Waals surface area contributed by atoms with Gasteiger partial charge in [0.2, 0.25) is 10.0 Å². The Labute approximate surface area is 120 Å². The Morgan fingerprint density at radius 1 is 1.25 bits per heavy atom. The zero-order valence-electron chi connectivity index (χ0n) is 12.0. The maximum Gasteiger partial charge on any atom is 0.241 e. The van der Waals surface area contributed by atoms with Gasteiger partial charge in [0.1, 0.15) is 5.75 Å². The van der Waals surface area contributed by atoms with Gasteiger partial charge in [0, 0.05) is 5.54 Å². The van der Waals surface area contributed by atoms with Gasteiger partial charge in [0.05, 0.1) is 11.5 Å². The molecule has 2 rings (SSSR count). The summed E-state index contributed by atoms with van der Waals surface area (Å²) in [5, 5.41) is 3.04. The molecule has 1 aromatic carbocycles. The minimum atomic E-state index is -3.42. The molecule has 0 atom stereocenters. The first-order valence-corrected chi connectivity index (χ1v) is 8.35. The van der Waals surface area contributed by atoms with Gasteiger partial charge < -0.3 is 10.1 Å². The van der Waals surface area contributed by atoms with Gasteiger partial charge in [-0.3, -0.25) is 0 Å². The Hall–Kier alpha value is -1.11. The van der Waals surface area contributed by atoms with Crippen LogP contribution < -0.4 is 14.8 Å². The number of hydrogen-bond acceptors (Lipinski definition) is 4. The SMILES string of the molecule is CNCCCOc1ccc(S(=O)(=O)NC2(C)CC2)cc1. The summed E-state index contributed by atoms with van der Waals surface area (Å²) in [6, 6.07) is 6.56. The molecular weight excluding hydrogens is 276 g/mol. The molecule has 1 aliphatic rings. The minimum absolute atomic E-state index is 0.249. The largest absolute Gasteiger partial charge is 0.494 e. The van der Waals surface area contributed by atoms with Gasteiger partial charge >= 0.3 is 0 Å². The molecule has 0 saturated heterocycles. The lowest BCUT2D eigenvalue weighted by atomic mass is 10.3. The van der Waals surface area contributed by atoms with Gasteiger partial charge in [-0.15, -0.1) is 0 Å². The lowest BCUT2D eigenvalue weighted by molar-refractivity contribution is 0.309. The predicted molar refractivity (Wildman–Crippen MR) is 78.4 cm³/mol. The summed E-state index contributed by atoms with van der Waals surface area (Å²) < 4.78 is 32.5. The summed E-state index contributed by atoms with van der Waals surface area (Å²) in [7, 11) is -1.52. The number of sulfonamides is 1. The molecule has 0 aromatic heterocycles. The standard InChI is InChI=1S/C14H22N2O3S/c1-14(8-9-14)16-20(17,18)13-6-4-12(5-7-13)19-11-3-10-15-2/h4-7,15-16H,3,8-11H2,1-2H3. The quantitative estimate of drug-likeness (QED) is 0.714. The third-order valence-electron chi connectivity index (χ3n) is 3.35. The Kier molecular flexibility index (Phi) is 4.67. The minimum Gasteiger partial charge on any atom is -0.494 e. The van der Waals surface area contributed by atoms with Crippen LogP contribution >= 0.6 is 0 Å². The molecule has 1 aliphatic carbocycles. The second-order valence-electron chi connectivity index (χ2n) is 5.44. The third-order valence-corrected chi connectivity index (χ3v) is 5.01. The van der Waals surface area contributed by atoms with Crippen LogP contribution in [0.5, 0.6) is 5.75 Å². The number of hydrogen-bond donors (Lipinski definition) is 2. The van der Waals surface area contributed by atoms with Crippen molar-refractivity contribution in [3.8, 4) is 5.75 Å². The molecule has 2 N–H and O–H groups in total. The second kappa shape index (κ2) is 6.11. The van der Waals surface area contributed by atoms with Gasteiger partial charge in [-0.1, -0.05) is 0 Å². The van der Waals surface area contributed by atoms with E-state index in [0.717, 1.165) is 25.8 Å². The molecule has 0 unspecified atom stereocenters. The molecule has 20 heavy (non-hydrogen) atoms. The van der Waals surface area contributed by atoms with E-state index in [-0.39, 0.29) is 10.4 Å². The highest BCUT2D eigenvalue weighted by Gasteiger charge is 2.41. The van der Waals surface area contributed by atoms with Crippen molar-refractivity contribution in [3.05, 3.63) is 24.3 Å². The Morgan fingerprint density at radius 3 is 2.45 bits per heavy atom. The van der Waals surface area contributed by atoms with Crippen molar-refractivity contribution >= 4 is 10.0 Å². The Morgan fingerprint density at radius 2 is 1.90 bits per heavy atom. The topological polar surface area (TPSA) is 67.4 Å². The van der Waals surface area contributed by atoms with E-state index in [0.29, 0.717) is 12.4 Å². The fourth-order valence-corrected chi connectivity index (χ4v) is 3.29. The molecule has 0 amide bonds. The van der Waals surface area contributed by atoms with Crippen LogP contribution in [0.1, 0.15) is 26.2 Å². The maximum absolute atomic E-state index is 12.1. The maximum atomic E-state index is 12.1. The summed E-state index contributed by atoms with van der Waals surface area (Å²) in [4.78, 5) is 0.285. The van der Waals surface area contributed by atoms with Crippen LogP contribution in [-0.4, -0.2) is 34.2 Å². The molecular formula is C14H22N2O3S. The summed E-state index contributed by atoms with van der Waals surface area (Å²) >= 11 is 0. The highest BCUT2D eigenvalue weighted by atomic mass is 32.2. The third kappa shape index (κ3) is 4.19. The molecule has 0 radical (unpaired) electrons. The van der Waals surface area contributed by atoms with Gasteiger partial charge in [-0.05, 0) is 64.0 Å². The number of rotatable bonds is 8. The normalized spacial score (nSPS) is 16.9. The molecule has 0 spiro atoms. The van der Waals surface area contributed by atoms with E-state index in [1.807, 2.05) is 14.0 Å². The fraction of sp³-hybridized carbons (Fsp3) is 0.571. The smallest absolute Gasteiger partial charge is 0.241 e. The van der Waals surface area contributed by atoms with E-state index in [1.165, 1.54) is 0 Å². The number of benzene rings is 1. The van der Waals surface area contributed by atoms with Gasteiger partial charge in [-0.25, -0.2) is 13.1 Å². The van der Waals surface area contributed by atoms with E-state index in [1.54, 1.807) is 24.3 Å². The van der Waals surface area contributed by atoms with E-state index < -0.39 is 10.0 Å². The van der Waals surface area contributed by atoms with Gasteiger partial charge in [-0.2, -0.15) is 0 Å². The molecule has 0 bridgehead atoms. The van der Waals surface area contributed by atoms with Crippen LogP contribution in [0.2, 0.25) is 0 Å². The molecule has 112 valence electrons. The summed E-state index contributed by atoms with van der Waals surface area (Å²) in [5.74, 6) is 0.692. The van der Waals surface area contributed by atoms with Crippen molar-refractivity contribution < 1.29 is 13.2 Å². The van der Waals surface area contributed by atoms with Crippen LogP contribution in [0.3, 0.4) is 0 Å². The zero-order valence-corrected chi connectivity index (χ0v) is 12.8. The van der Waals surface area contributed by atoms with E-state index in [4.69, 9.17) is 4.74 Å². The van der Waals surface area contributed by atoms with Crippen LogP contribution in [0.25, 0.3) is 0 Å². The van der Waals surface area contributed by atoms with E-state index in [2.05, 4.69) is 10.0 Å². The predicted octanol–water partition coefficient (Wildman–Crippen LogP) is 1.51. The van der Waals surface area contributed by atoms with Crippen LogP contribution in [0, 0.1) is 0 Å². The first-order valence-electron chi connectivity index (χ1n) is 6.87. The average molecular weight is 298 g/mol. The van der Waals surface area contributed by atoms with E-state index >= 15 is 0 Å². The van der Waals surface area contributed by atoms with Crippen molar-refractivity contribution in [3.63, 3.8) is 0 Å². The highest BCUT2D eigenvalue weighted by molar-refractivity contribution is 7.89. The monoisotopic (exact) mass is 298 g/mol. The van der Waals surface area contributed by atoms with Crippen LogP contribution in [0.4, 0.5) is 0 Å². The van der Waals surface area contributed by atoms with Crippen molar-refractivity contribution in [2.24, 2.45) is 0 Å². The molecule has 0 heterocycles. The molecule has 6 heteroatoms. The lowest BCUT2D eigenvalue weighted by Gasteiger charge is -2.12. The molecule has 0 aliphatic heterocycles. The van der Waals surface area contributed by atoms with Crippen molar-refractivity contribution in [2.45, 2.75) is 36.6 Å². The summed E-state index contributed by atoms with van der Waals surface area (Å²) in [5.41, 5.74) is -0.249. The lowest BCUT2D eigenvalue weighted by Crippen LogP contribution is -2.34. The van der Waals surface area contributed by atoms with Gasteiger partial charge in [0.25, 0.3) is 0 Å².